The quantitative estimate of drug-likeness (QED) is 0.661. The number of aromatic nitrogens is 2. The molecule has 0 saturated carbocycles. The van der Waals surface area contributed by atoms with Crippen molar-refractivity contribution in [3.8, 4) is 0 Å². The molecule has 1 saturated heterocycles. The van der Waals surface area contributed by atoms with E-state index < -0.39 is 0 Å². The summed E-state index contributed by atoms with van der Waals surface area (Å²) in [4.78, 5) is 19.6. The van der Waals surface area contributed by atoms with Gasteiger partial charge in [0.2, 0.25) is 5.78 Å². The van der Waals surface area contributed by atoms with Crippen molar-refractivity contribution in [2.45, 2.75) is 25.4 Å². The second kappa shape index (κ2) is 4.28. The van der Waals surface area contributed by atoms with Crippen LogP contribution in [0.5, 0.6) is 0 Å². The molecular formula is C10H12N2O2. The summed E-state index contributed by atoms with van der Waals surface area (Å²) >= 11 is 0. The summed E-state index contributed by atoms with van der Waals surface area (Å²) in [5.41, 5.74) is 0.402. The monoisotopic (exact) mass is 192 g/mol. The number of hydrogen-bond donors (Lipinski definition) is 0. The highest BCUT2D eigenvalue weighted by atomic mass is 16.5. The maximum atomic E-state index is 11.8. The van der Waals surface area contributed by atoms with Gasteiger partial charge in [-0.05, 0) is 19.3 Å². The summed E-state index contributed by atoms with van der Waals surface area (Å²) in [6.07, 6.45) is 7.16. The number of rotatable bonds is 2. The molecular weight excluding hydrogens is 180 g/mol. The number of ketones is 1. The van der Waals surface area contributed by atoms with Gasteiger partial charge >= 0.3 is 0 Å². The van der Waals surface area contributed by atoms with Crippen LogP contribution in [0.2, 0.25) is 0 Å². The summed E-state index contributed by atoms with van der Waals surface area (Å²) < 4.78 is 5.38. The van der Waals surface area contributed by atoms with Gasteiger partial charge in [0.1, 0.15) is 11.8 Å². The van der Waals surface area contributed by atoms with Gasteiger partial charge in [0.25, 0.3) is 0 Å². The number of carbonyl (C=O) groups excluding carboxylic acids is 1. The van der Waals surface area contributed by atoms with Crippen molar-refractivity contribution in [3.63, 3.8) is 0 Å². The van der Waals surface area contributed by atoms with Crippen molar-refractivity contribution in [1.82, 2.24) is 9.97 Å². The van der Waals surface area contributed by atoms with E-state index in [0.29, 0.717) is 12.3 Å². The lowest BCUT2D eigenvalue weighted by Gasteiger charge is -2.20. The van der Waals surface area contributed by atoms with E-state index in [2.05, 4.69) is 9.97 Å². The molecule has 14 heavy (non-hydrogen) atoms. The van der Waals surface area contributed by atoms with Crippen molar-refractivity contribution >= 4 is 5.78 Å². The normalized spacial score (nSPS) is 21.9. The van der Waals surface area contributed by atoms with Crippen LogP contribution in [-0.2, 0) is 4.74 Å². The standard InChI is InChI=1S/C10H12N2O2/c13-10(8-7-11-4-5-12-8)9-3-1-2-6-14-9/h4-5,7,9H,1-3,6H2. The van der Waals surface area contributed by atoms with Crippen LogP contribution in [-0.4, -0.2) is 28.5 Å². The Balaban J connectivity index is 2.07. The van der Waals surface area contributed by atoms with Crippen molar-refractivity contribution in [2.24, 2.45) is 0 Å². The molecule has 0 aliphatic carbocycles. The summed E-state index contributed by atoms with van der Waals surface area (Å²) in [7, 11) is 0. The summed E-state index contributed by atoms with van der Waals surface area (Å²) in [6.45, 7) is 0.677. The number of carbonyl (C=O) groups is 1. The van der Waals surface area contributed by atoms with Crippen LogP contribution in [0, 0.1) is 0 Å². The molecule has 0 radical (unpaired) electrons. The van der Waals surface area contributed by atoms with Gasteiger partial charge in [0.05, 0.1) is 6.20 Å². The Morgan fingerprint density at radius 1 is 1.43 bits per heavy atom. The minimum atomic E-state index is -0.305. The molecule has 0 amide bonds. The fourth-order valence-electron chi connectivity index (χ4n) is 1.54. The SMILES string of the molecule is O=C(c1cnccn1)C1CCCCO1. The maximum Gasteiger partial charge on any atom is 0.211 e. The molecule has 2 rings (SSSR count). The Bertz CT molecular complexity index is 307. The molecule has 1 unspecified atom stereocenters. The highest BCUT2D eigenvalue weighted by molar-refractivity contribution is 5.97. The van der Waals surface area contributed by atoms with Crippen LogP contribution in [0.1, 0.15) is 29.8 Å². The molecule has 1 atom stereocenters. The Kier molecular flexibility index (Phi) is 2.84. The number of Topliss-reactive ketones (excluding diaryl/α,β-unsaturated/α-hetero) is 1. The van der Waals surface area contributed by atoms with E-state index in [0.717, 1.165) is 19.3 Å². The average molecular weight is 192 g/mol. The summed E-state index contributed by atoms with van der Waals surface area (Å²) in [5.74, 6) is -0.0437. The van der Waals surface area contributed by atoms with Gasteiger partial charge in [0.15, 0.2) is 0 Å². The number of hydrogen-bond acceptors (Lipinski definition) is 4. The Labute approximate surface area is 82.3 Å². The second-order valence-corrected chi connectivity index (χ2v) is 3.31. The third-order valence-electron chi connectivity index (χ3n) is 2.29. The molecule has 4 heteroatoms. The molecule has 74 valence electrons. The van der Waals surface area contributed by atoms with Crippen molar-refractivity contribution in [2.75, 3.05) is 6.61 Å². The average Bonchev–Trinajstić information content (AvgIpc) is 2.30. The van der Waals surface area contributed by atoms with E-state index in [-0.39, 0.29) is 11.9 Å². The predicted octanol–water partition coefficient (Wildman–Crippen LogP) is 1.23. The van der Waals surface area contributed by atoms with Crippen LogP contribution in [0.15, 0.2) is 18.6 Å². The van der Waals surface area contributed by atoms with Gasteiger partial charge in [-0.15, -0.1) is 0 Å². The first kappa shape index (κ1) is 9.27. The molecule has 1 aliphatic heterocycles. The molecule has 0 bridgehead atoms. The predicted molar refractivity (Wildman–Crippen MR) is 50.0 cm³/mol. The highest BCUT2D eigenvalue weighted by Gasteiger charge is 2.23. The van der Waals surface area contributed by atoms with Crippen LogP contribution >= 0.6 is 0 Å². The Hall–Kier alpha value is -1.29. The molecule has 1 aliphatic rings. The molecule has 0 spiro atoms. The fourth-order valence-corrected chi connectivity index (χ4v) is 1.54. The minimum absolute atomic E-state index is 0.0437. The number of nitrogens with zero attached hydrogens (tertiary/aromatic N) is 2. The van der Waals surface area contributed by atoms with E-state index >= 15 is 0 Å². The molecule has 1 aromatic rings. The van der Waals surface area contributed by atoms with Crippen LogP contribution in [0.3, 0.4) is 0 Å². The third-order valence-corrected chi connectivity index (χ3v) is 2.29. The number of ether oxygens (including phenoxy) is 1. The molecule has 0 aromatic carbocycles. The van der Waals surface area contributed by atoms with E-state index in [9.17, 15) is 4.79 Å². The van der Waals surface area contributed by atoms with Gasteiger partial charge < -0.3 is 4.74 Å². The minimum Gasteiger partial charge on any atom is -0.370 e. The zero-order valence-electron chi connectivity index (χ0n) is 7.85. The topological polar surface area (TPSA) is 52.1 Å². The molecule has 0 N–H and O–H groups in total. The lowest BCUT2D eigenvalue weighted by Crippen LogP contribution is -2.28. The molecule has 1 fully saturated rings. The summed E-state index contributed by atoms with van der Waals surface area (Å²) in [6, 6.07) is 0. The van der Waals surface area contributed by atoms with Crippen LogP contribution in [0.4, 0.5) is 0 Å². The molecule has 1 aromatic heterocycles. The maximum absolute atomic E-state index is 11.8. The van der Waals surface area contributed by atoms with Crippen molar-refractivity contribution in [3.05, 3.63) is 24.3 Å². The van der Waals surface area contributed by atoms with E-state index in [4.69, 9.17) is 4.74 Å². The Morgan fingerprint density at radius 2 is 2.36 bits per heavy atom. The van der Waals surface area contributed by atoms with Crippen LogP contribution in [0.25, 0.3) is 0 Å². The van der Waals surface area contributed by atoms with E-state index in [1.54, 1.807) is 6.20 Å². The Morgan fingerprint density at radius 3 is 3.00 bits per heavy atom. The lowest BCUT2D eigenvalue weighted by molar-refractivity contribution is 0.0182. The van der Waals surface area contributed by atoms with Gasteiger partial charge in [0, 0.05) is 19.0 Å². The van der Waals surface area contributed by atoms with Crippen molar-refractivity contribution in [1.29, 1.82) is 0 Å². The second-order valence-electron chi connectivity index (χ2n) is 3.31. The zero-order chi connectivity index (χ0) is 9.80. The first-order valence-corrected chi connectivity index (χ1v) is 4.80. The lowest BCUT2D eigenvalue weighted by atomic mass is 10.0. The van der Waals surface area contributed by atoms with Gasteiger partial charge in [-0.2, -0.15) is 0 Å². The largest absolute Gasteiger partial charge is 0.370 e. The van der Waals surface area contributed by atoms with Gasteiger partial charge in [-0.3, -0.25) is 9.78 Å². The van der Waals surface area contributed by atoms with Crippen molar-refractivity contribution < 1.29 is 9.53 Å². The smallest absolute Gasteiger partial charge is 0.211 e. The fraction of sp³-hybridized carbons (Fsp3) is 0.500. The van der Waals surface area contributed by atoms with Crippen LogP contribution < -0.4 is 0 Å². The molecule has 4 nitrogen and oxygen atoms in total. The third kappa shape index (κ3) is 1.96. The van der Waals surface area contributed by atoms with Gasteiger partial charge in [-0.1, -0.05) is 0 Å². The van der Waals surface area contributed by atoms with E-state index in [1.165, 1.54) is 12.4 Å². The first-order valence-electron chi connectivity index (χ1n) is 4.80. The van der Waals surface area contributed by atoms with Gasteiger partial charge in [-0.25, -0.2) is 4.98 Å². The zero-order valence-corrected chi connectivity index (χ0v) is 7.85. The highest BCUT2D eigenvalue weighted by Crippen LogP contribution is 2.15. The summed E-state index contributed by atoms with van der Waals surface area (Å²) in [5, 5.41) is 0. The van der Waals surface area contributed by atoms with E-state index in [1.807, 2.05) is 0 Å². The molecule has 2 heterocycles. The first-order chi connectivity index (χ1) is 6.88.